The van der Waals surface area contributed by atoms with Gasteiger partial charge < -0.3 is 11.1 Å². The van der Waals surface area contributed by atoms with Crippen molar-refractivity contribution in [2.75, 3.05) is 6.54 Å². The summed E-state index contributed by atoms with van der Waals surface area (Å²) >= 11 is 5.06. The van der Waals surface area contributed by atoms with Gasteiger partial charge in [0.05, 0.1) is 13.1 Å². The SMILES string of the molecule is Cc1ccc(C#CCN)cc1C(=O)NCc1sccc1Br. The van der Waals surface area contributed by atoms with Crippen molar-refractivity contribution in [1.29, 1.82) is 0 Å². The van der Waals surface area contributed by atoms with Crippen LogP contribution in [0.4, 0.5) is 0 Å². The normalized spacial score (nSPS) is 9.86. The Morgan fingerprint density at radius 1 is 1.43 bits per heavy atom. The molecule has 2 rings (SSSR count). The average Bonchev–Trinajstić information content (AvgIpc) is 2.89. The molecule has 0 saturated carbocycles. The number of hydrogen-bond donors (Lipinski definition) is 2. The molecule has 0 atom stereocenters. The fraction of sp³-hybridized carbons (Fsp3) is 0.188. The molecule has 1 heterocycles. The highest BCUT2D eigenvalue weighted by molar-refractivity contribution is 9.10. The van der Waals surface area contributed by atoms with E-state index in [0.717, 1.165) is 20.5 Å². The van der Waals surface area contributed by atoms with Gasteiger partial charge in [-0.25, -0.2) is 0 Å². The maximum Gasteiger partial charge on any atom is 0.251 e. The van der Waals surface area contributed by atoms with Crippen molar-refractivity contribution in [3.05, 3.63) is 55.7 Å². The minimum atomic E-state index is -0.0933. The number of carbonyl (C=O) groups is 1. The van der Waals surface area contributed by atoms with Crippen molar-refractivity contribution in [3.63, 3.8) is 0 Å². The van der Waals surface area contributed by atoms with Crippen LogP contribution in [-0.2, 0) is 6.54 Å². The Morgan fingerprint density at radius 3 is 2.90 bits per heavy atom. The molecule has 2 aromatic rings. The van der Waals surface area contributed by atoms with E-state index in [4.69, 9.17) is 5.73 Å². The molecular formula is C16H15BrN2OS. The van der Waals surface area contributed by atoms with E-state index in [0.29, 0.717) is 18.7 Å². The van der Waals surface area contributed by atoms with Crippen LogP contribution < -0.4 is 11.1 Å². The standard InChI is InChI=1S/C16H15BrN2OS/c1-11-4-5-12(3-2-7-18)9-13(11)16(20)19-10-15-14(17)6-8-21-15/h4-6,8-9H,7,10,18H2,1H3,(H,19,20). The summed E-state index contributed by atoms with van der Waals surface area (Å²) in [7, 11) is 0. The van der Waals surface area contributed by atoms with Crippen molar-refractivity contribution in [3.8, 4) is 11.8 Å². The Balaban J connectivity index is 2.13. The third kappa shape index (κ3) is 4.18. The summed E-state index contributed by atoms with van der Waals surface area (Å²) in [6, 6.07) is 7.57. The quantitative estimate of drug-likeness (QED) is 0.824. The summed E-state index contributed by atoms with van der Waals surface area (Å²) in [6.07, 6.45) is 0. The third-order valence-electron chi connectivity index (χ3n) is 2.92. The van der Waals surface area contributed by atoms with Crippen LogP contribution in [0.3, 0.4) is 0 Å². The van der Waals surface area contributed by atoms with E-state index in [1.54, 1.807) is 17.4 Å². The first-order valence-corrected chi connectivity index (χ1v) is 8.08. The molecule has 0 bridgehead atoms. The number of nitrogens with two attached hydrogens (primary N) is 1. The molecule has 3 N–H and O–H groups in total. The first kappa shape index (κ1) is 15.8. The van der Waals surface area contributed by atoms with E-state index in [1.807, 2.05) is 30.5 Å². The fourth-order valence-electron chi connectivity index (χ4n) is 1.80. The molecule has 0 saturated heterocycles. The second kappa shape index (κ2) is 7.41. The minimum absolute atomic E-state index is 0.0933. The van der Waals surface area contributed by atoms with Crippen LogP contribution in [0.2, 0.25) is 0 Å². The number of rotatable bonds is 3. The van der Waals surface area contributed by atoms with Gasteiger partial charge in [0.15, 0.2) is 0 Å². The lowest BCUT2D eigenvalue weighted by Crippen LogP contribution is -2.23. The third-order valence-corrected chi connectivity index (χ3v) is 4.84. The predicted molar refractivity (Wildman–Crippen MR) is 90.3 cm³/mol. The summed E-state index contributed by atoms with van der Waals surface area (Å²) in [5, 5.41) is 4.92. The van der Waals surface area contributed by atoms with Crippen molar-refractivity contribution < 1.29 is 4.79 Å². The maximum absolute atomic E-state index is 12.3. The predicted octanol–water partition coefficient (Wildman–Crippen LogP) is 3.06. The van der Waals surface area contributed by atoms with Gasteiger partial charge in [0.25, 0.3) is 5.91 Å². The molecule has 0 aliphatic heterocycles. The molecule has 21 heavy (non-hydrogen) atoms. The van der Waals surface area contributed by atoms with Crippen LogP contribution in [0.25, 0.3) is 0 Å². The number of amides is 1. The zero-order chi connectivity index (χ0) is 15.2. The van der Waals surface area contributed by atoms with Gasteiger partial charge in [-0.2, -0.15) is 0 Å². The lowest BCUT2D eigenvalue weighted by molar-refractivity contribution is 0.0950. The van der Waals surface area contributed by atoms with Crippen molar-refractivity contribution in [1.82, 2.24) is 5.32 Å². The van der Waals surface area contributed by atoms with Crippen molar-refractivity contribution in [2.45, 2.75) is 13.5 Å². The highest BCUT2D eigenvalue weighted by atomic mass is 79.9. The highest BCUT2D eigenvalue weighted by Crippen LogP contribution is 2.22. The molecule has 0 spiro atoms. The number of aryl methyl sites for hydroxylation is 1. The van der Waals surface area contributed by atoms with Crippen LogP contribution >= 0.6 is 27.3 Å². The Morgan fingerprint density at radius 2 is 2.24 bits per heavy atom. The Bertz CT molecular complexity index is 713. The second-order valence-corrected chi connectivity index (χ2v) is 6.26. The smallest absolute Gasteiger partial charge is 0.251 e. The van der Waals surface area contributed by atoms with E-state index in [2.05, 4.69) is 33.1 Å². The number of thiophene rings is 1. The van der Waals surface area contributed by atoms with Crippen LogP contribution in [-0.4, -0.2) is 12.5 Å². The summed E-state index contributed by atoms with van der Waals surface area (Å²) in [4.78, 5) is 13.4. The Labute approximate surface area is 136 Å². The Hall–Kier alpha value is -1.61. The molecule has 0 unspecified atom stereocenters. The Kier molecular flexibility index (Phi) is 5.57. The monoisotopic (exact) mass is 362 g/mol. The van der Waals surface area contributed by atoms with Gasteiger partial charge in [-0.1, -0.05) is 17.9 Å². The van der Waals surface area contributed by atoms with Gasteiger partial charge in [-0.05, 0) is 52.0 Å². The summed E-state index contributed by atoms with van der Waals surface area (Å²) in [6.45, 7) is 2.73. The van der Waals surface area contributed by atoms with Gasteiger partial charge in [0, 0.05) is 20.5 Å². The molecule has 108 valence electrons. The summed E-state index contributed by atoms with van der Waals surface area (Å²) in [5.74, 6) is 5.65. The van der Waals surface area contributed by atoms with Crippen molar-refractivity contribution >= 4 is 33.2 Å². The fourth-order valence-corrected chi connectivity index (χ4v) is 3.24. The maximum atomic E-state index is 12.3. The first-order chi connectivity index (χ1) is 10.1. The summed E-state index contributed by atoms with van der Waals surface area (Å²) < 4.78 is 1.02. The van der Waals surface area contributed by atoms with Gasteiger partial charge in [-0.3, -0.25) is 4.79 Å². The van der Waals surface area contributed by atoms with Gasteiger partial charge in [0.1, 0.15) is 0 Å². The number of halogens is 1. The van der Waals surface area contributed by atoms with E-state index in [-0.39, 0.29) is 5.91 Å². The molecule has 1 aromatic heterocycles. The van der Waals surface area contributed by atoms with E-state index in [9.17, 15) is 4.79 Å². The zero-order valence-electron chi connectivity index (χ0n) is 11.6. The molecule has 0 radical (unpaired) electrons. The highest BCUT2D eigenvalue weighted by Gasteiger charge is 2.10. The largest absolute Gasteiger partial charge is 0.347 e. The molecule has 0 fully saturated rings. The topological polar surface area (TPSA) is 55.1 Å². The number of benzene rings is 1. The van der Waals surface area contributed by atoms with Gasteiger partial charge >= 0.3 is 0 Å². The van der Waals surface area contributed by atoms with E-state index >= 15 is 0 Å². The van der Waals surface area contributed by atoms with Gasteiger partial charge in [0.2, 0.25) is 0 Å². The number of hydrogen-bond acceptors (Lipinski definition) is 3. The lowest BCUT2D eigenvalue weighted by Gasteiger charge is -2.08. The molecule has 5 heteroatoms. The van der Waals surface area contributed by atoms with Crippen LogP contribution in [0, 0.1) is 18.8 Å². The van der Waals surface area contributed by atoms with Crippen LogP contribution in [0.1, 0.15) is 26.4 Å². The first-order valence-electron chi connectivity index (χ1n) is 6.41. The van der Waals surface area contributed by atoms with Crippen LogP contribution in [0.5, 0.6) is 0 Å². The molecule has 1 amide bonds. The molecule has 0 aliphatic carbocycles. The number of carbonyl (C=O) groups excluding carboxylic acids is 1. The van der Waals surface area contributed by atoms with E-state index < -0.39 is 0 Å². The molecule has 1 aromatic carbocycles. The van der Waals surface area contributed by atoms with Crippen LogP contribution in [0.15, 0.2) is 34.1 Å². The molecule has 0 aliphatic rings. The average molecular weight is 363 g/mol. The zero-order valence-corrected chi connectivity index (χ0v) is 14.0. The number of nitrogens with one attached hydrogen (secondary N) is 1. The summed E-state index contributed by atoms with van der Waals surface area (Å²) in [5.41, 5.74) is 7.74. The molecular weight excluding hydrogens is 348 g/mol. The lowest BCUT2D eigenvalue weighted by atomic mass is 10.0. The van der Waals surface area contributed by atoms with Gasteiger partial charge in [-0.15, -0.1) is 11.3 Å². The second-order valence-electron chi connectivity index (χ2n) is 4.41. The van der Waals surface area contributed by atoms with E-state index in [1.165, 1.54) is 0 Å². The minimum Gasteiger partial charge on any atom is -0.347 e. The molecule has 3 nitrogen and oxygen atoms in total. The van der Waals surface area contributed by atoms with Crippen molar-refractivity contribution in [2.24, 2.45) is 5.73 Å².